The number of hydrogen-bond acceptors (Lipinski definition) is 5. The Kier molecular flexibility index (Phi) is 3.88. The number of hydrogen-bond donors (Lipinski definition) is 2. The monoisotopic (exact) mass is 364 g/mol. The van der Waals surface area contributed by atoms with Gasteiger partial charge in [-0.2, -0.15) is 4.98 Å². The summed E-state index contributed by atoms with van der Waals surface area (Å²) in [5, 5.41) is 5.51. The Morgan fingerprint density at radius 2 is 2.22 bits per heavy atom. The molecule has 1 unspecified atom stereocenters. The van der Waals surface area contributed by atoms with Gasteiger partial charge in [0.2, 0.25) is 0 Å². The molecule has 1 aliphatic heterocycles. The second-order valence-corrected chi connectivity index (χ2v) is 7.07. The van der Waals surface area contributed by atoms with Crippen LogP contribution in [0.2, 0.25) is 5.02 Å². The molecule has 0 radical (unpaired) electrons. The van der Waals surface area contributed by atoms with Gasteiger partial charge < -0.3 is 4.74 Å². The number of nitrogens with one attached hydrogen (secondary N) is 2. The van der Waals surface area contributed by atoms with E-state index in [9.17, 15) is 17.2 Å². The molecule has 1 aliphatic rings. The summed E-state index contributed by atoms with van der Waals surface area (Å²) in [6.45, 7) is 1.84. The molecule has 1 aromatic carbocycles. The fourth-order valence-corrected chi connectivity index (χ4v) is 3.58. The second kappa shape index (κ2) is 5.60. The van der Waals surface area contributed by atoms with Crippen molar-refractivity contribution in [2.45, 2.75) is 30.8 Å². The van der Waals surface area contributed by atoms with Crippen LogP contribution in [0.25, 0.3) is 0 Å². The van der Waals surface area contributed by atoms with Crippen molar-refractivity contribution in [3.05, 3.63) is 28.5 Å². The fraction of sp³-hybridized carbons (Fsp3) is 0.333. The van der Waals surface area contributed by atoms with Crippen molar-refractivity contribution in [2.24, 2.45) is 0 Å². The summed E-state index contributed by atoms with van der Waals surface area (Å²) in [5.74, 6) is -0.741. The lowest BCUT2D eigenvalue weighted by Crippen LogP contribution is -2.14. The van der Waals surface area contributed by atoms with Gasteiger partial charge in [-0.15, -0.1) is 5.10 Å². The first-order valence-electron chi connectivity index (χ1n) is 6.48. The molecule has 11 heteroatoms. The van der Waals surface area contributed by atoms with Gasteiger partial charge in [-0.1, -0.05) is 11.6 Å². The summed E-state index contributed by atoms with van der Waals surface area (Å²) in [7, 11) is -4.07. The molecule has 23 heavy (non-hydrogen) atoms. The van der Waals surface area contributed by atoms with Crippen LogP contribution >= 0.6 is 11.6 Å². The number of rotatable bonds is 4. The van der Waals surface area contributed by atoms with Gasteiger partial charge in [0.15, 0.2) is 5.82 Å². The van der Waals surface area contributed by atoms with Crippen LogP contribution in [-0.4, -0.2) is 29.7 Å². The molecular formula is C12H11ClF2N4O3S. The van der Waals surface area contributed by atoms with Crippen LogP contribution in [0.4, 0.5) is 14.7 Å². The van der Waals surface area contributed by atoms with Crippen LogP contribution in [-0.2, 0) is 16.4 Å². The van der Waals surface area contributed by atoms with Crippen LogP contribution in [0.15, 0.2) is 17.0 Å². The molecule has 124 valence electrons. The van der Waals surface area contributed by atoms with Gasteiger partial charge in [0.05, 0.1) is 9.92 Å². The van der Waals surface area contributed by atoms with Gasteiger partial charge in [0.1, 0.15) is 11.9 Å². The predicted octanol–water partition coefficient (Wildman–Crippen LogP) is 2.52. The summed E-state index contributed by atoms with van der Waals surface area (Å²) < 4.78 is 57.0. The van der Waals surface area contributed by atoms with E-state index in [1.54, 1.807) is 0 Å². The normalized spacial score (nSPS) is 17.2. The predicted molar refractivity (Wildman–Crippen MR) is 77.4 cm³/mol. The van der Waals surface area contributed by atoms with Crippen LogP contribution in [0.5, 0.6) is 5.75 Å². The Morgan fingerprint density at radius 1 is 1.48 bits per heavy atom. The maximum atomic E-state index is 12.4. The van der Waals surface area contributed by atoms with E-state index < -0.39 is 28.2 Å². The van der Waals surface area contributed by atoms with E-state index in [2.05, 4.69) is 10.1 Å². The Hall–Kier alpha value is -1.94. The van der Waals surface area contributed by atoms with Crippen molar-refractivity contribution >= 4 is 27.6 Å². The SMILES string of the molecule is CC1Cc2cc(S(=O)(=O)Nc3n[nH]c(C(F)F)n3)cc(Cl)c2O1. The summed E-state index contributed by atoms with van der Waals surface area (Å²) >= 11 is 6.04. The van der Waals surface area contributed by atoms with Crippen LogP contribution in [0.3, 0.4) is 0 Å². The molecule has 3 rings (SSSR count). The number of aromatic amines is 1. The molecule has 2 heterocycles. The van der Waals surface area contributed by atoms with E-state index in [1.165, 1.54) is 12.1 Å². The van der Waals surface area contributed by atoms with Crippen molar-refractivity contribution < 1.29 is 21.9 Å². The molecule has 1 atom stereocenters. The van der Waals surface area contributed by atoms with Crippen molar-refractivity contribution in [2.75, 3.05) is 4.72 Å². The van der Waals surface area contributed by atoms with Crippen molar-refractivity contribution in [3.8, 4) is 5.75 Å². The summed E-state index contributed by atoms with van der Waals surface area (Å²) in [5.41, 5.74) is 0.661. The second-order valence-electron chi connectivity index (χ2n) is 4.98. The van der Waals surface area contributed by atoms with Crippen LogP contribution < -0.4 is 9.46 Å². The largest absolute Gasteiger partial charge is 0.489 e. The van der Waals surface area contributed by atoms with Crippen molar-refractivity contribution in [3.63, 3.8) is 0 Å². The van der Waals surface area contributed by atoms with E-state index in [0.717, 1.165) is 0 Å². The summed E-state index contributed by atoms with van der Waals surface area (Å²) in [4.78, 5) is 3.24. The number of aromatic nitrogens is 3. The third-order valence-electron chi connectivity index (χ3n) is 3.17. The third-order valence-corrected chi connectivity index (χ3v) is 4.75. The summed E-state index contributed by atoms with van der Waals surface area (Å²) in [6, 6.07) is 2.65. The number of halogens is 3. The topological polar surface area (TPSA) is 97.0 Å². The molecule has 0 aliphatic carbocycles. The molecule has 0 amide bonds. The van der Waals surface area contributed by atoms with Crippen LogP contribution in [0.1, 0.15) is 24.7 Å². The number of alkyl halides is 2. The zero-order valence-electron chi connectivity index (χ0n) is 11.7. The molecule has 0 saturated carbocycles. The first-order valence-corrected chi connectivity index (χ1v) is 8.34. The zero-order valence-corrected chi connectivity index (χ0v) is 13.3. The van der Waals surface area contributed by atoms with Gasteiger partial charge in [0.25, 0.3) is 22.4 Å². The van der Waals surface area contributed by atoms with E-state index >= 15 is 0 Å². The Morgan fingerprint density at radius 3 is 2.87 bits per heavy atom. The van der Waals surface area contributed by atoms with Gasteiger partial charge in [0, 0.05) is 12.0 Å². The molecule has 0 spiro atoms. The minimum absolute atomic E-state index is 0.102. The highest BCUT2D eigenvalue weighted by Crippen LogP contribution is 2.38. The number of H-pyrrole nitrogens is 1. The van der Waals surface area contributed by atoms with Gasteiger partial charge in [-0.05, 0) is 19.1 Å². The molecular weight excluding hydrogens is 354 g/mol. The van der Waals surface area contributed by atoms with E-state index in [4.69, 9.17) is 16.3 Å². The average molecular weight is 365 g/mol. The number of sulfonamides is 1. The molecule has 0 fully saturated rings. The average Bonchev–Trinajstić information content (AvgIpc) is 3.04. The van der Waals surface area contributed by atoms with E-state index in [0.29, 0.717) is 17.7 Å². The van der Waals surface area contributed by atoms with E-state index in [-0.39, 0.29) is 16.0 Å². The molecule has 2 N–H and O–H groups in total. The smallest absolute Gasteiger partial charge is 0.296 e. The highest BCUT2D eigenvalue weighted by molar-refractivity contribution is 7.92. The highest BCUT2D eigenvalue weighted by atomic mass is 35.5. The van der Waals surface area contributed by atoms with Gasteiger partial charge in [-0.3, -0.25) is 5.10 Å². The minimum atomic E-state index is -4.07. The number of nitrogens with zero attached hydrogens (tertiary/aromatic N) is 2. The lowest BCUT2D eigenvalue weighted by Gasteiger charge is -2.08. The first kappa shape index (κ1) is 15.9. The zero-order chi connectivity index (χ0) is 16.8. The standard InChI is InChI=1S/C12H11ClF2N4O3S/c1-5-2-6-3-7(4-8(13)9(6)22-5)23(20,21)19-12-16-11(10(14)15)17-18-12/h3-5,10H,2H2,1H3,(H2,16,17,18,19). The highest BCUT2D eigenvalue weighted by Gasteiger charge is 2.27. The lowest BCUT2D eigenvalue weighted by molar-refractivity contribution is 0.141. The molecule has 0 saturated heterocycles. The number of ether oxygens (including phenoxy) is 1. The molecule has 2 aromatic rings. The first-order chi connectivity index (χ1) is 10.8. The fourth-order valence-electron chi connectivity index (χ4n) is 2.21. The number of benzene rings is 1. The Bertz CT molecular complexity index is 856. The molecule has 1 aromatic heterocycles. The van der Waals surface area contributed by atoms with Gasteiger partial charge >= 0.3 is 0 Å². The lowest BCUT2D eigenvalue weighted by atomic mass is 10.1. The maximum absolute atomic E-state index is 12.4. The van der Waals surface area contributed by atoms with Crippen LogP contribution in [0, 0.1) is 0 Å². The maximum Gasteiger partial charge on any atom is 0.296 e. The molecule has 0 bridgehead atoms. The molecule has 7 nitrogen and oxygen atoms in total. The van der Waals surface area contributed by atoms with Crippen molar-refractivity contribution in [1.82, 2.24) is 15.2 Å². The minimum Gasteiger partial charge on any atom is -0.489 e. The Balaban J connectivity index is 1.91. The summed E-state index contributed by atoms with van der Waals surface area (Å²) in [6.07, 6.45) is -2.46. The number of anilines is 1. The quantitative estimate of drug-likeness (QED) is 0.868. The van der Waals surface area contributed by atoms with Gasteiger partial charge in [-0.25, -0.2) is 21.9 Å². The number of fused-ring (bicyclic) bond motifs is 1. The Labute approximate surface area is 135 Å². The van der Waals surface area contributed by atoms with Crippen molar-refractivity contribution in [1.29, 1.82) is 0 Å². The van der Waals surface area contributed by atoms with E-state index in [1.807, 2.05) is 16.7 Å². The third kappa shape index (κ3) is 3.08.